The minimum atomic E-state index is -4.76. The molecule has 12 aromatic carbocycles. The van der Waals surface area contributed by atoms with Gasteiger partial charge < -0.3 is 9.47 Å². The van der Waals surface area contributed by atoms with Crippen LogP contribution in [-0.4, -0.2) is 64.1 Å². The number of nitrogens with zero attached hydrogens (tertiary/aromatic N) is 4. The molecule has 0 atom stereocenters. The maximum absolute atomic E-state index is 14.3. The number of sulfone groups is 2. The number of halogens is 6. The van der Waals surface area contributed by atoms with Gasteiger partial charge >= 0.3 is 12.4 Å². The SMILES string of the molecule is O=C1c2ccc3c4c(ccc(c24)C(=O)N1c1cccc(Oc2ccc(S(=O)(=O)c4ccc(-c5ccc(S(=O)(=O)c6ccc(Oc7cccc(N8C(=O)c9ccc%10c%11c(ccc(c9%11)C8=O)C(=O)N(c8cccc(C(F)(F)F)c8)C%10=O)c7)cc6)cc5)cc4)cc2)c1)C(=O)N(c1cccc(C(F)(F)F)c1)C3=O. The number of amides is 8. The van der Waals surface area contributed by atoms with Gasteiger partial charge in [-0.1, -0.05) is 48.5 Å². The largest absolute Gasteiger partial charge is 0.457 e. The van der Waals surface area contributed by atoms with Gasteiger partial charge in [0.15, 0.2) is 0 Å². The zero-order chi connectivity index (χ0) is 72.8. The van der Waals surface area contributed by atoms with Gasteiger partial charge in [0, 0.05) is 78.2 Å². The summed E-state index contributed by atoms with van der Waals surface area (Å²) < 4.78 is 150. The Bertz CT molecular complexity index is 5610. The molecule has 4 heterocycles. The van der Waals surface area contributed by atoms with E-state index in [0.717, 1.165) is 34.1 Å². The lowest BCUT2D eigenvalue weighted by Crippen LogP contribution is -2.43. The molecule has 0 saturated heterocycles. The first-order chi connectivity index (χ1) is 49.6. The molecule has 510 valence electrons. The summed E-state index contributed by atoms with van der Waals surface area (Å²) in [6.45, 7) is 0. The Morgan fingerprint density at radius 1 is 0.250 bits per heavy atom. The van der Waals surface area contributed by atoms with E-state index < -0.39 is 90.4 Å². The van der Waals surface area contributed by atoms with Gasteiger partial charge in [-0.3, -0.25) is 38.4 Å². The quantitative estimate of drug-likeness (QED) is 0.0771. The molecule has 26 heteroatoms. The lowest BCUT2D eigenvalue weighted by Gasteiger charge is -2.32. The van der Waals surface area contributed by atoms with Crippen molar-refractivity contribution in [1.82, 2.24) is 0 Å². The molecule has 0 aliphatic carbocycles. The maximum Gasteiger partial charge on any atom is 0.416 e. The summed E-state index contributed by atoms with van der Waals surface area (Å²) in [4.78, 5) is 115. The number of benzene rings is 12. The lowest BCUT2D eigenvalue weighted by molar-refractivity contribution is -0.138. The van der Waals surface area contributed by atoms with Crippen LogP contribution in [0.25, 0.3) is 32.7 Å². The number of hydrogen-bond donors (Lipinski definition) is 0. The molecule has 16 rings (SSSR count). The zero-order valence-corrected chi connectivity index (χ0v) is 54.3. The minimum Gasteiger partial charge on any atom is -0.457 e. The van der Waals surface area contributed by atoms with Crippen molar-refractivity contribution in [3.8, 4) is 34.1 Å². The van der Waals surface area contributed by atoms with Crippen molar-refractivity contribution in [1.29, 1.82) is 0 Å². The van der Waals surface area contributed by atoms with Crippen LogP contribution < -0.4 is 29.1 Å². The van der Waals surface area contributed by atoms with E-state index in [9.17, 15) is 81.5 Å². The van der Waals surface area contributed by atoms with Gasteiger partial charge in [-0.15, -0.1) is 0 Å². The summed E-state index contributed by atoms with van der Waals surface area (Å²) in [5.74, 6) is -6.39. The summed E-state index contributed by atoms with van der Waals surface area (Å²) in [6, 6.07) is 52.5. The van der Waals surface area contributed by atoms with Crippen LogP contribution in [0.5, 0.6) is 23.0 Å². The van der Waals surface area contributed by atoms with Crippen molar-refractivity contribution in [2.24, 2.45) is 0 Å². The van der Waals surface area contributed by atoms with Crippen molar-refractivity contribution in [3.05, 3.63) is 298 Å². The highest BCUT2D eigenvalue weighted by atomic mass is 32.2. The third-order valence-electron chi connectivity index (χ3n) is 18.2. The van der Waals surface area contributed by atoms with Gasteiger partial charge in [-0.2, -0.15) is 26.3 Å². The van der Waals surface area contributed by atoms with Crippen LogP contribution in [0.2, 0.25) is 0 Å². The number of carbonyl (C=O) groups is 8. The summed E-state index contributed by atoms with van der Waals surface area (Å²) in [5.41, 5.74) is -2.07. The molecule has 0 unspecified atom stereocenters. The average molecular weight is 1440 g/mol. The van der Waals surface area contributed by atoms with Crippen LogP contribution in [0.1, 0.15) is 94.0 Å². The molecule has 12 aromatic rings. The van der Waals surface area contributed by atoms with E-state index in [4.69, 9.17) is 9.47 Å². The number of hydrogen-bond acceptors (Lipinski definition) is 14. The number of ether oxygens (including phenoxy) is 2. The number of alkyl halides is 6. The van der Waals surface area contributed by atoms with Gasteiger partial charge in [-0.25, -0.2) is 36.4 Å². The topological polar surface area (TPSA) is 236 Å². The van der Waals surface area contributed by atoms with E-state index in [2.05, 4.69) is 0 Å². The summed E-state index contributed by atoms with van der Waals surface area (Å²) in [6.07, 6.45) is -9.53. The average Bonchev–Trinajstić information content (AvgIpc) is 0.712. The first kappa shape index (κ1) is 65.4. The number of carbonyl (C=O) groups excluding carboxylic acids is 8. The third-order valence-corrected chi connectivity index (χ3v) is 21.8. The van der Waals surface area contributed by atoms with Crippen LogP contribution >= 0.6 is 0 Å². The maximum atomic E-state index is 14.3. The van der Waals surface area contributed by atoms with Crippen molar-refractivity contribution in [2.75, 3.05) is 19.6 Å². The minimum absolute atomic E-state index is 0.00636. The Labute approximate surface area is 583 Å². The van der Waals surface area contributed by atoms with E-state index in [-0.39, 0.29) is 131 Å². The number of anilines is 4. The lowest BCUT2D eigenvalue weighted by atomic mass is 9.85. The molecule has 0 aromatic heterocycles. The molecule has 0 bridgehead atoms. The Morgan fingerprint density at radius 2 is 0.471 bits per heavy atom. The van der Waals surface area contributed by atoms with Gasteiger partial charge in [0.1, 0.15) is 23.0 Å². The molecule has 8 amide bonds. The van der Waals surface area contributed by atoms with Gasteiger partial charge in [0.05, 0.1) is 53.5 Å². The monoisotopic (exact) mass is 1430 g/mol. The van der Waals surface area contributed by atoms with Crippen molar-refractivity contribution < 1.29 is 91.0 Å². The third kappa shape index (κ3) is 10.5. The second kappa shape index (κ2) is 23.7. The fourth-order valence-corrected chi connectivity index (χ4v) is 15.8. The Morgan fingerprint density at radius 3 is 0.712 bits per heavy atom. The molecule has 0 spiro atoms. The fraction of sp³-hybridized carbons (Fsp3) is 0.0256. The summed E-state index contributed by atoms with van der Waals surface area (Å²) in [7, 11) is -8.23. The van der Waals surface area contributed by atoms with Gasteiger partial charge in [0.25, 0.3) is 47.3 Å². The molecule has 0 radical (unpaired) electrons. The smallest absolute Gasteiger partial charge is 0.416 e. The molecule has 4 aliphatic rings. The summed E-state index contributed by atoms with van der Waals surface area (Å²) in [5, 5.41) is 0.0740. The predicted octanol–water partition coefficient (Wildman–Crippen LogP) is 16.2. The van der Waals surface area contributed by atoms with E-state index in [1.165, 1.54) is 182 Å². The second-order valence-electron chi connectivity index (χ2n) is 24.2. The van der Waals surface area contributed by atoms with E-state index >= 15 is 0 Å². The standard InChI is InChI=1S/C78H40F6N4O14S2/c79-77(80,81)43-5-1-7-45(37-43)85-69(89)57-29-33-61-67-62(34-30-58(65(57)67)70(85)90)74(94)87(73(61)93)47-9-3-11-51(39-47)101-49-17-25-55(26-18-49)103(97,98)53-21-13-41(14-22-53)42-15-23-54(24-16-42)104(99,100)56-27-19-50(20-28-56)102-52-12-4-10-48(40-52)88-75(95)63-35-31-59-66-60(32-36-64(68(63)66)76(88)96)72(92)86(71(59)91)46-8-2-6-44(38-46)78(82,83)84/h1-40H. The van der Waals surface area contributed by atoms with Crippen molar-refractivity contribution in [2.45, 2.75) is 31.9 Å². The zero-order valence-electron chi connectivity index (χ0n) is 52.7. The molecular weight excluding hydrogens is 1390 g/mol. The van der Waals surface area contributed by atoms with Crippen LogP contribution in [0.15, 0.2) is 262 Å². The molecule has 0 saturated carbocycles. The first-order valence-corrected chi connectivity index (χ1v) is 34.2. The molecular formula is C78H40F6N4O14S2. The van der Waals surface area contributed by atoms with Crippen LogP contribution in [0, 0.1) is 0 Å². The Balaban J connectivity index is 0.557. The highest BCUT2D eigenvalue weighted by molar-refractivity contribution is 7.91. The number of rotatable bonds is 13. The highest BCUT2D eigenvalue weighted by Gasteiger charge is 2.44. The Hall–Kier alpha value is -13.2. The van der Waals surface area contributed by atoms with Crippen molar-refractivity contribution in [3.63, 3.8) is 0 Å². The second-order valence-corrected chi connectivity index (χ2v) is 28.1. The highest BCUT2D eigenvalue weighted by Crippen LogP contribution is 2.45. The molecule has 104 heavy (non-hydrogen) atoms. The fourth-order valence-electron chi connectivity index (χ4n) is 13.3. The van der Waals surface area contributed by atoms with E-state index in [1.807, 2.05) is 0 Å². The molecule has 0 fully saturated rings. The van der Waals surface area contributed by atoms with Crippen LogP contribution in [0.4, 0.5) is 49.1 Å². The number of imide groups is 4. The predicted molar refractivity (Wildman–Crippen MR) is 364 cm³/mol. The van der Waals surface area contributed by atoms with Crippen molar-refractivity contribution >= 4 is 111 Å². The normalized spacial score (nSPS) is 14.5. The molecule has 18 nitrogen and oxygen atoms in total. The van der Waals surface area contributed by atoms with Crippen LogP contribution in [-0.2, 0) is 32.0 Å². The van der Waals surface area contributed by atoms with E-state index in [1.54, 1.807) is 24.3 Å². The Kier molecular flexibility index (Phi) is 14.9. The molecule has 4 aliphatic heterocycles. The molecule has 0 N–H and O–H groups in total. The first-order valence-electron chi connectivity index (χ1n) is 31.2. The van der Waals surface area contributed by atoms with Gasteiger partial charge in [0.2, 0.25) is 19.7 Å². The van der Waals surface area contributed by atoms with E-state index in [0.29, 0.717) is 33.1 Å². The van der Waals surface area contributed by atoms with Gasteiger partial charge in [-0.05, 0) is 193 Å². The van der Waals surface area contributed by atoms with Crippen LogP contribution in [0.3, 0.4) is 0 Å². The summed E-state index contributed by atoms with van der Waals surface area (Å²) >= 11 is 0.